The smallest absolute Gasteiger partial charge is 0.275 e. The van der Waals surface area contributed by atoms with Crippen molar-refractivity contribution < 1.29 is 14.3 Å². The maximum absolute atomic E-state index is 13.4. The van der Waals surface area contributed by atoms with Gasteiger partial charge in [-0.2, -0.15) is 0 Å². The molecule has 0 spiro atoms. The Morgan fingerprint density at radius 1 is 0.951 bits per heavy atom. The van der Waals surface area contributed by atoms with Gasteiger partial charge in [-0.25, -0.2) is 0 Å². The number of hydrogen-bond acceptors (Lipinski definition) is 5. The third-order valence-corrected chi connectivity index (χ3v) is 8.03. The second-order valence-corrected chi connectivity index (χ2v) is 11.1. The first kappa shape index (κ1) is 26.5. The lowest BCUT2D eigenvalue weighted by Gasteiger charge is -2.09. The molecule has 206 valence electrons. The van der Waals surface area contributed by atoms with E-state index >= 15 is 0 Å². The third kappa shape index (κ3) is 5.12. The molecular weight excluding hydrogens is 534 g/mol. The van der Waals surface area contributed by atoms with Gasteiger partial charge in [-0.05, 0) is 48.7 Å². The molecule has 0 aliphatic carbocycles. The number of aromatic nitrogens is 2. The van der Waals surface area contributed by atoms with E-state index in [1.54, 1.807) is 0 Å². The fourth-order valence-corrected chi connectivity index (χ4v) is 5.86. The Hall–Kier alpha value is -4.76. The first-order valence-corrected chi connectivity index (χ1v) is 14.3. The summed E-state index contributed by atoms with van der Waals surface area (Å²) in [5, 5.41) is 12.0. The molecule has 41 heavy (non-hydrogen) atoms. The topological polar surface area (TPSA) is 115 Å². The van der Waals surface area contributed by atoms with Crippen LogP contribution in [0, 0.1) is 12.3 Å². The Balaban J connectivity index is 1.48. The number of hydrogen-bond donors (Lipinski definition) is 3. The molecule has 0 atom stereocenters. The molecule has 0 bridgehead atoms. The van der Waals surface area contributed by atoms with Crippen LogP contribution >= 0.6 is 11.8 Å². The van der Waals surface area contributed by atoms with Gasteiger partial charge in [-0.1, -0.05) is 60.3 Å². The highest BCUT2D eigenvalue weighted by molar-refractivity contribution is 8.13. The predicted molar refractivity (Wildman–Crippen MR) is 165 cm³/mol. The lowest BCUT2D eigenvalue weighted by molar-refractivity contribution is -0.122. The van der Waals surface area contributed by atoms with Crippen molar-refractivity contribution in [3.05, 3.63) is 102 Å². The molecule has 0 saturated heterocycles. The van der Waals surface area contributed by atoms with E-state index in [-0.39, 0.29) is 5.17 Å². The first-order chi connectivity index (χ1) is 19.9. The largest absolute Gasteiger partial charge is 0.489 e. The number of imide groups is 1. The molecule has 4 N–H and O–H groups in total. The maximum atomic E-state index is 13.4. The van der Waals surface area contributed by atoms with Crippen LogP contribution in [-0.4, -0.2) is 31.9 Å². The van der Waals surface area contributed by atoms with Gasteiger partial charge in [0.1, 0.15) is 18.1 Å². The van der Waals surface area contributed by atoms with Gasteiger partial charge in [0.05, 0.1) is 11.1 Å². The molecule has 0 saturated carbocycles. The lowest BCUT2D eigenvalue weighted by Crippen LogP contribution is -2.23. The minimum Gasteiger partial charge on any atom is -0.489 e. The monoisotopic (exact) mass is 563 g/mol. The summed E-state index contributed by atoms with van der Waals surface area (Å²) in [5.41, 5.74) is 10.7. The fraction of sp³-hybridized carbons (Fsp3) is 0.156. The number of para-hydroxylation sites is 1. The average molecular weight is 564 g/mol. The molecule has 5 aromatic rings. The number of fused-ring (bicyclic) bond motifs is 2. The van der Waals surface area contributed by atoms with Gasteiger partial charge in [-0.3, -0.25) is 20.3 Å². The fourth-order valence-electron chi connectivity index (χ4n) is 5.37. The Bertz CT molecular complexity index is 1850. The van der Waals surface area contributed by atoms with Crippen molar-refractivity contribution in [3.63, 3.8) is 0 Å². The number of carbonyl (C=O) groups is 2. The number of ether oxygens (including phenoxy) is 1. The highest BCUT2D eigenvalue weighted by Gasteiger charge is 2.35. The van der Waals surface area contributed by atoms with E-state index in [9.17, 15) is 9.59 Å². The molecule has 1 aliphatic rings. The lowest BCUT2D eigenvalue weighted by atomic mass is 10.0. The first-order valence-electron chi connectivity index (χ1n) is 13.3. The molecular formula is C32H29N5O3S. The summed E-state index contributed by atoms with van der Waals surface area (Å²) < 4.78 is 10.0. The number of aryl methyl sites for hydroxylation is 2. The molecule has 3 heterocycles. The van der Waals surface area contributed by atoms with Gasteiger partial charge in [0.2, 0.25) is 0 Å². The zero-order valence-electron chi connectivity index (χ0n) is 22.5. The number of carbonyl (C=O) groups excluding carboxylic acids is 2. The zero-order chi connectivity index (χ0) is 28.5. The van der Waals surface area contributed by atoms with Gasteiger partial charge in [-0.15, -0.1) is 0 Å². The van der Waals surface area contributed by atoms with Crippen LogP contribution in [0.25, 0.3) is 33.1 Å². The van der Waals surface area contributed by atoms with E-state index in [4.69, 9.17) is 15.9 Å². The number of benzene rings is 3. The molecule has 8 nitrogen and oxygen atoms in total. The molecule has 1 aliphatic heterocycles. The van der Waals surface area contributed by atoms with Gasteiger partial charge >= 0.3 is 0 Å². The van der Waals surface area contributed by atoms with Crippen LogP contribution in [0.3, 0.4) is 0 Å². The average Bonchev–Trinajstić information content (AvgIpc) is 3.59. The second kappa shape index (κ2) is 11.0. The summed E-state index contributed by atoms with van der Waals surface area (Å²) >= 11 is 1.30. The predicted octanol–water partition coefficient (Wildman–Crippen LogP) is 5.52. The number of amides is 2. The Labute approximate surface area is 241 Å². The minimum atomic E-state index is -0.430. The van der Waals surface area contributed by atoms with Crippen molar-refractivity contribution in [2.24, 2.45) is 5.73 Å². The number of rotatable bonds is 9. The number of nitrogens with two attached hydrogens (primary N) is 1. The standard InChI is InChI=1S/C32H29N5O3S/c1-20-17-37(27-11-6-5-10-23(20)27)29-28(30(38)35-31(29)39)25-18-36(14-7-15-41-32(33)34)26-13-12-22(16-24(25)26)40-19-21-8-3-2-4-9-21/h2-6,8-13,16-18H,7,14-15,19H2,1H3,(H3,33,34)(H,35,38,39). The molecule has 0 fully saturated rings. The second-order valence-electron chi connectivity index (χ2n) is 9.96. The normalized spacial score (nSPS) is 13.4. The summed E-state index contributed by atoms with van der Waals surface area (Å²) in [4.78, 5) is 26.7. The highest BCUT2D eigenvalue weighted by Crippen LogP contribution is 2.37. The molecule has 0 unspecified atom stereocenters. The summed E-state index contributed by atoms with van der Waals surface area (Å²) in [6, 6.07) is 23.6. The summed E-state index contributed by atoms with van der Waals surface area (Å²) in [6.45, 7) is 3.06. The van der Waals surface area contributed by atoms with Crippen LogP contribution in [0.4, 0.5) is 0 Å². The van der Waals surface area contributed by atoms with Crippen molar-refractivity contribution in [2.75, 3.05) is 5.75 Å². The zero-order valence-corrected chi connectivity index (χ0v) is 23.3. The molecule has 6 rings (SSSR count). The number of thioether (sulfide) groups is 1. The van der Waals surface area contributed by atoms with Crippen LogP contribution in [0.1, 0.15) is 23.1 Å². The van der Waals surface area contributed by atoms with Crippen molar-refractivity contribution in [1.29, 1.82) is 5.41 Å². The van der Waals surface area contributed by atoms with Crippen LogP contribution in [0.15, 0.2) is 85.2 Å². The summed E-state index contributed by atoms with van der Waals surface area (Å²) in [5.74, 6) is 0.509. The number of nitrogens with zero attached hydrogens (tertiary/aromatic N) is 2. The summed E-state index contributed by atoms with van der Waals surface area (Å²) in [6.07, 6.45) is 4.62. The van der Waals surface area contributed by atoms with E-state index in [1.165, 1.54) is 11.8 Å². The molecule has 2 aromatic heterocycles. The molecule has 0 radical (unpaired) electrons. The van der Waals surface area contributed by atoms with Gasteiger partial charge in [0.25, 0.3) is 11.8 Å². The maximum Gasteiger partial charge on any atom is 0.275 e. The van der Waals surface area contributed by atoms with Crippen molar-refractivity contribution in [1.82, 2.24) is 14.5 Å². The number of amidine groups is 1. The van der Waals surface area contributed by atoms with Gasteiger partial charge in [0.15, 0.2) is 5.17 Å². The molecule has 3 aromatic carbocycles. The van der Waals surface area contributed by atoms with E-state index in [0.29, 0.717) is 41.5 Å². The Morgan fingerprint density at radius 3 is 2.54 bits per heavy atom. The van der Waals surface area contributed by atoms with Crippen LogP contribution < -0.4 is 15.8 Å². The van der Waals surface area contributed by atoms with Crippen LogP contribution in [0.5, 0.6) is 5.75 Å². The van der Waals surface area contributed by atoms with Gasteiger partial charge < -0.3 is 19.6 Å². The van der Waals surface area contributed by atoms with E-state index < -0.39 is 11.8 Å². The highest BCUT2D eigenvalue weighted by atomic mass is 32.2. The Morgan fingerprint density at radius 2 is 1.73 bits per heavy atom. The van der Waals surface area contributed by atoms with E-state index in [1.807, 2.05) is 96.7 Å². The number of nitrogens with one attached hydrogen (secondary N) is 2. The molecule has 2 amide bonds. The molecule has 9 heteroatoms. The third-order valence-electron chi connectivity index (χ3n) is 7.23. The minimum absolute atomic E-state index is 0.0911. The van der Waals surface area contributed by atoms with Crippen molar-refractivity contribution >= 4 is 61.8 Å². The SMILES string of the molecule is Cc1cn(C2=C(c3cn(CCCSC(=N)N)c4ccc(OCc5ccccc5)cc34)C(=O)NC2=O)c2ccccc12. The van der Waals surface area contributed by atoms with Crippen LogP contribution in [0.2, 0.25) is 0 Å². The summed E-state index contributed by atoms with van der Waals surface area (Å²) in [7, 11) is 0. The van der Waals surface area contributed by atoms with Crippen molar-refractivity contribution in [3.8, 4) is 5.75 Å². The van der Waals surface area contributed by atoms with Crippen LogP contribution in [-0.2, 0) is 22.7 Å². The Kier molecular flexibility index (Phi) is 7.11. The van der Waals surface area contributed by atoms with Gasteiger partial charge in [0, 0.05) is 46.5 Å². The van der Waals surface area contributed by atoms with E-state index in [2.05, 4.69) is 9.88 Å². The quantitative estimate of drug-likeness (QED) is 0.0945. The van der Waals surface area contributed by atoms with Crippen molar-refractivity contribution in [2.45, 2.75) is 26.5 Å². The van der Waals surface area contributed by atoms with E-state index in [0.717, 1.165) is 39.4 Å².